The summed E-state index contributed by atoms with van der Waals surface area (Å²) in [5.74, 6) is 0. The van der Waals surface area contributed by atoms with Gasteiger partial charge in [0.2, 0.25) is 0 Å². The second kappa shape index (κ2) is 9.96. The fourth-order valence-electron chi connectivity index (χ4n) is 7.15. The van der Waals surface area contributed by atoms with Crippen LogP contribution in [0.1, 0.15) is 0 Å². The zero-order valence-corrected chi connectivity index (χ0v) is 24.3. The molecule has 45 heavy (non-hydrogen) atoms. The van der Waals surface area contributed by atoms with Gasteiger partial charge in [0, 0.05) is 32.6 Å². The van der Waals surface area contributed by atoms with E-state index in [1.54, 1.807) is 0 Å². The molecule has 0 fully saturated rings. The predicted octanol–water partition coefficient (Wildman–Crippen LogP) is 8.38. The molecule has 2 aromatic heterocycles. The maximum atomic E-state index is 10.1. The minimum Gasteiger partial charge on any atom is -0.423 e. The number of rotatable bonds is 4. The lowest BCUT2D eigenvalue weighted by molar-refractivity contribution is 0.426. The van der Waals surface area contributed by atoms with Gasteiger partial charge in [-0.3, -0.25) is 0 Å². The third-order valence-electron chi connectivity index (χ3n) is 9.15. The standard InChI is InChI=1S/C40H27BN2O2/c44-41(45)35-20-23-38(30-13-5-4-12-29(30)35)43-37-17-9-7-15-32(37)34-25-27(19-22-40(34)43)26-18-21-39-33(24-26)31-14-6-8-16-36(31)42(39)28-10-2-1-3-11-28/h1-25,44-45H. The third-order valence-corrected chi connectivity index (χ3v) is 9.15. The average Bonchev–Trinajstić information content (AvgIpc) is 3.60. The van der Waals surface area contributed by atoms with Crippen LogP contribution < -0.4 is 5.46 Å². The Morgan fingerprint density at radius 1 is 0.378 bits per heavy atom. The summed E-state index contributed by atoms with van der Waals surface area (Å²) >= 11 is 0. The van der Waals surface area contributed by atoms with Gasteiger partial charge in [-0.25, -0.2) is 0 Å². The van der Waals surface area contributed by atoms with Crippen LogP contribution in [-0.4, -0.2) is 26.3 Å². The Morgan fingerprint density at radius 2 is 0.867 bits per heavy atom. The van der Waals surface area contributed by atoms with Crippen molar-refractivity contribution in [3.8, 4) is 22.5 Å². The smallest absolute Gasteiger partial charge is 0.423 e. The van der Waals surface area contributed by atoms with Crippen LogP contribution >= 0.6 is 0 Å². The van der Waals surface area contributed by atoms with Crippen molar-refractivity contribution in [3.63, 3.8) is 0 Å². The molecular weight excluding hydrogens is 551 g/mol. The first-order valence-electron chi connectivity index (χ1n) is 15.2. The summed E-state index contributed by atoms with van der Waals surface area (Å²) in [6.07, 6.45) is 0. The van der Waals surface area contributed by atoms with Crippen molar-refractivity contribution in [3.05, 3.63) is 152 Å². The summed E-state index contributed by atoms with van der Waals surface area (Å²) in [7, 11) is -1.54. The molecule has 9 rings (SSSR count). The molecule has 2 N–H and O–H groups in total. The van der Waals surface area contributed by atoms with Crippen LogP contribution in [0.25, 0.3) is 76.9 Å². The van der Waals surface area contributed by atoms with Crippen molar-refractivity contribution in [2.24, 2.45) is 0 Å². The van der Waals surface area contributed by atoms with Crippen LogP contribution in [0.15, 0.2) is 152 Å². The van der Waals surface area contributed by atoms with Crippen molar-refractivity contribution in [2.45, 2.75) is 0 Å². The van der Waals surface area contributed by atoms with Crippen LogP contribution in [-0.2, 0) is 0 Å². The van der Waals surface area contributed by atoms with Crippen molar-refractivity contribution in [1.29, 1.82) is 0 Å². The van der Waals surface area contributed by atoms with Gasteiger partial charge in [-0.1, -0.05) is 97.1 Å². The lowest BCUT2D eigenvalue weighted by Crippen LogP contribution is -2.30. The molecule has 0 aliphatic heterocycles. The van der Waals surface area contributed by atoms with Gasteiger partial charge in [0.05, 0.1) is 27.8 Å². The topological polar surface area (TPSA) is 50.3 Å². The highest BCUT2D eigenvalue weighted by Crippen LogP contribution is 2.39. The number of hydrogen-bond donors (Lipinski definition) is 2. The molecule has 7 aromatic carbocycles. The predicted molar refractivity (Wildman–Crippen MR) is 188 cm³/mol. The first-order chi connectivity index (χ1) is 22.2. The van der Waals surface area contributed by atoms with E-state index in [1.807, 2.05) is 36.4 Å². The molecule has 9 aromatic rings. The van der Waals surface area contributed by atoms with Crippen molar-refractivity contribution >= 4 is 67.0 Å². The molecule has 5 heteroatoms. The van der Waals surface area contributed by atoms with Crippen molar-refractivity contribution in [1.82, 2.24) is 9.13 Å². The monoisotopic (exact) mass is 578 g/mol. The minimum atomic E-state index is -1.54. The van der Waals surface area contributed by atoms with Gasteiger partial charge < -0.3 is 19.2 Å². The molecule has 212 valence electrons. The number of para-hydroxylation sites is 3. The lowest BCUT2D eigenvalue weighted by atomic mass is 9.77. The zero-order chi connectivity index (χ0) is 30.1. The Morgan fingerprint density at radius 3 is 1.49 bits per heavy atom. The van der Waals surface area contributed by atoms with E-state index in [-0.39, 0.29) is 0 Å². The molecule has 0 amide bonds. The van der Waals surface area contributed by atoms with Crippen molar-refractivity contribution in [2.75, 3.05) is 0 Å². The number of hydrogen-bond acceptors (Lipinski definition) is 2. The summed E-state index contributed by atoms with van der Waals surface area (Å²) in [5.41, 5.74) is 9.58. The molecule has 0 aliphatic carbocycles. The number of aromatic nitrogens is 2. The van der Waals surface area contributed by atoms with E-state index in [2.05, 4.69) is 124 Å². The Hall–Kier alpha value is -5.62. The lowest BCUT2D eigenvalue weighted by Gasteiger charge is -2.14. The molecular formula is C40H27BN2O2. The fourth-order valence-corrected chi connectivity index (χ4v) is 7.15. The van der Waals surface area contributed by atoms with Gasteiger partial charge in [-0.05, 0) is 76.6 Å². The summed E-state index contributed by atoms with van der Waals surface area (Å²) in [5, 5.41) is 26.7. The maximum absolute atomic E-state index is 10.1. The summed E-state index contributed by atoms with van der Waals surface area (Å²) in [4.78, 5) is 0. The molecule has 0 bridgehead atoms. The summed E-state index contributed by atoms with van der Waals surface area (Å²) < 4.78 is 4.64. The van der Waals surface area contributed by atoms with Crippen LogP contribution in [0.4, 0.5) is 0 Å². The van der Waals surface area contributed by atoms with Crippen LogP contribution in [0, 0.1) is 0 Å². The molecule has 0 atom stereocenters. The number of benzene rings is 7. The summed E-state index contributed by atoms with van der Waals surface area (Å²) in [6, 6.07) is 52.9. The molecule has 0 saturated heterocycles. The van der Waals surface area contributed by atoms with E-state index in [4.69, 9.17) is 0 Å². The Labute approximate surface area is 259 Å². The first-order valence-corrected chi connectivity index (χ1v) is 15.2. The first kappa shape index (κ1) is 25.8. The third kappa shape index (κ3) is 3.88. The fraction of sp³-hybridized carbons (Fsp3) is 0. The zero-order valence-electron chi connectivity index (χ0n) is 24.3. The average molecular weight is 578 g/mol. The SMILES string of the molecule is OB(O)c1ccc(-n2c3ccccc3c3cc(-c4ccc5c(c4)c4ccccc4n5-c4ccccc4)ccc32)c2ccccc12. The van der Waals surface area contributed by atoms with Crippen LogP contribution in [0.5, 0.6) is 0 Å². The normalized spacial score (nSPS) is 11.8. The van der Waals surface area contributed by atoms with Crippen LogP contribution in [0.2, 0.25) is 0 Å². The van der Waals surface area contributed by atoms with E-state index in [0.29, 0.717) is 5.46 Å². The van der Waals surface area contributed by atoms with Gasteiger partial charge >= 0.3 is 7.12 Å². The van der Waals surface area contributed by atoms with E-state index in [9.17, 15) is 10.0 Å². The van der Waals surface area contributed by atoms with Crippen molar-refractivity contribution < 1.29 is 10.0 Å². The highest BCUT2D eigenvalue weighted by molar-refractivity contribution is 6.62. The quantitative estimate of drug-likeness (QED) is 0.206. The second-order valence-electron chi connectivity index (χ2n) is 11.6. The molecule has 4 nitrogen and oxygen atoms in total. The van der Waals surface area contributed by atoms with Gasteiger partial charge in [0.25, 0.3) is 0 Å². The minimum absolute atomic E-state index is 0.501. The largest absolute Gasteiger partial charge is 0.489 e. The molecule has 0 saturated carbocycles. The summed E-state index contributed by atoms with van der Waals surface area (Å²) in [6.45, 7) is 0. The van der Waals surface area contributed by atoms with E-state index in [0.717, 1.165) is 38.7 Å². The molecule has 0 radical (unpaired) electrons. The Bertz CT molecular complexity index is 2580. The number of nitrogens with zero attached hydrogens (tertiary/aromatic N) is 2. The van der Waals surface area contributed by atoms with Crippen LogP contribution in [0.3, 0.4) is 0 Å². The maximum Gasteiger partial charge on any atom is 0.489 e. The van der Waals surface area contributed by atoms with E-state index >= 15 is 0 Å². The molecule has 2 heterocycles. The second-order valence-corrected chi connectivity index (χ2v) is 11.6. The van der Waals surface area contributed by atoms with Gasteiger partial charge in [0.1, 0.15) is 0 Å². The highest BCUT2D eigenvalue weighted by atomic mass is 16.4. The highest BCUT2D eigenvalue weighted by Gasteiger charge is 2.20. The van der Waals surface area contributed by atoms with E-state index < -0.39 is 7.12 Å². The van der Waals surface area contributed by atoms with Gasteiger partial charge in [-0.15, -0.1) is 0 Å². The van der Waals surface area contributed by atoms with E-state index in [1.165, 1.54) is 38.1 Å². The number of fused-ring (bicyclic) bond motifs is 7. The van der Waals surface area contributed by atoms with Gasteiger partial charge in [-0.2, -0.15) is 0 Å². The Balaban J connectivity index is 1.27. The molecule has 0 aliphatic rings. The molecule has 0 spiro atoms. The Kier molecular flexibility index (Phi) is 5.72. The van der Waals surface area contributed by atoms with Gasteiger partial charge in [0.15, 0.2) is 0 Å². The molecule has 0 unspecified atom stereocenters.